The molecule has 0 saturated carbocycles. The first-order valence-corrected chi connectivity index (χ1v) is 9.56. The molecule has 2 heterocycles. The van der Waals surface area contributed by atoms with E-state index in [0.717, 1.165) is 24.2 Å². The van der Waals surface area contributed by atoms with Gasteiger partial charge in [-0.1, -0.05) is 24.3 Å². The number of fused-ring (bicyclic) bond motifs is 1. The number of benzene rings is 2. The van der Waals surface area contributed by atoms with E-state index >= 15 is 0 Å². The van der Waals surface area contributed by atoms with Crippen LogP contribution in [0.1, 0.15) is 34.7 Å². The zero-order valence-corrected chi connectivity index (χ0v) is 16.4. The topological polar surface area (TPSA) is 110 Å². The van der Waals surface area contributed by atoms with E-state index in [1.165, 1.54) is 18.4 Å². The summed E-state index contributed by atoms with van der Waals surface area (Å²) in [6.45, 7) is 2.17. The van der Waals surface area contributed by atoms with Crippen molar-refractivity contribution in [2.24, 2.45) is 5.73 Å². The zero-order chi connectivity index (χ0) is 22.6. The number of carboxylic acid groups (broad SMARTS) is 1. The van der Waals surface area contributed by atoms with Gasteiger partial charge in [0.05, 0.1) is 11.3 Å². The van der Waals surface area contributed by atoms with Gasteiger partial charge in [0.1, 0.15) is 5.52 Å². The number of aliphatic carboxylic acids is 1. The number of aromatic nitrogens is 2. The number of nitrogens with one attached hydrogen (secondary N) is 1. The van der Waals surface area contributed by atoms with Gasteiger partial charge < -0.3 is 16.2 Å². The quantitative estimate of drug-likeness (QED) is 0.586. The highest BCUT2D eigenvalue weighted by atomic mass is 19.4. The van der Waals surface area contributed by atoms with Crippen LogP contribution in [0.25, 0.3) is 16.6 Å². The number of nitrogens with zero attached hydrogens (tertiary/aromatic N) is 2. The number of nitrogens with two attached hydrogens (primary N) is 1. The fourth-order valence-corrected chi connectivity index (χ4v) is 3.41. The van der Waals surface area contributed by atoms with E-state index in [0.29, 0.717) is 17.0 Å². The van der Waals surface area contributed by atoms with Gasteiger partial charge in [-0.15, -0.1) is 0 Å². The minimum absolute atomic E-state index is 0.453. The van der Waals surface area contributed by atoms with Crippen molar-refractivity contribution in [2.45, 2.75) is 24.9 Å². The van der Waals surface area contributed by atoms with Crippen molar-refractivity contribution in [3.63, 3.8) is 0 Å². The number of carbonyl (C=O) groups is 2. The lowest BCUT2D eigenvalue weighted by Crippen LogP contribution is -2.28. The van der Waals surface area contributed by atoms with Crippen LogP contribution in [0, 0.1) is 0 Å². The largest absolute Gasteiger partial charge is 0.490 e. The molecular formula is C21H21F3N4O3. The van der Waals surface area contributed by atoms with Gasteiger partial charge in [-0.05, 0) is 49.1 Å². The van der Waals surface area contributed by atoms with Crippen molar-refractivity contribution in [3.05, 3.63) is 59.8 Å². The molecule has 31 heavy (non-hydrogen) atoms. The number of piperidine rings is 1. The smallest absolute Gasteiger partial charge is 0.475 e. The van der Waals surface area contributed by atoms with E-state index in [9.17, 15) is 18.0 Å². The number of rotatable bonds is 3. The van der Waals surface area contributed by atoms with Crippen molar-refractivity contribution >= 4 is 22.8 Å². The average molecular weight is 434 g/mol. The molecule has 3 aromatic rings. The Hall–Kier alpha value is -3.40. The van der Waals surface area contributed by atoms with E-state index in [2.05, 4.69) is 34.7 Å². The number of primary amides is 1. The second kappa shape index (κ2) is 9.17. The number of amides is 1. The van der Waals surface area contributed by atoms with Crippen LogP contribution in [0.3, 0.4) is 0 Å². The highest BCUT2D eigenvalue weighted by molar-refractivity contribution is 6.04. The molecule has 0 radical (unpaired) electrons. The van der Waals surface area contributed by atoms with E-state index in [1.807, 2.05) is 18.3 Å². The van der Waals surface area contributed by atoms with E-state index in [1.54, 1.807) is 10.7 Å². The predicted octanol–water partition coefficient (Wildman–Crippen LogP) is 3.22. The van der Waals surface area contributed by atoms with Crippen LogP contribution in [0.15, 0.2) is 48.7 Å². The molecule has 7 nitrogen and oxygen atoms in total. The summed E-state index contributed by atoms with van der Waals surface area (Å²) in [5.74, 6) is -2.62. The Kier molecular flexibility index (Phi) is 6.59. The number of carboxylic acids is 1. The number of hydrogen-bond acceptors (Lipinski definition) is 4. The molecule has 164 valence electrons. The third-order valence-corrected chi connectivity index (χ3v) is 4.97. The summed E-state index contributed by atoms with van der Waals surface area (Å²) in [5, 5.41) is 16.0. The lowest BCUT2D eigenvalue weighted by Gasteiger charge is -2.23. The van der Waals surface area contributed by atoms with E-state index in [-0.39, 0.29) is 0 Å². The van der Waals surface area contributed by atoms with Crippen LogP contribution in [-0.2, 0) is 4.79 Å². The molecule has 1 unspecified atom stereocenters. The van der Waals surface area contributed by atoms with Gasteiger partial charge in [-0.3, -0.25) is 4.79 Å². The van der Waals surface area contributed by atoms with Gasteiger partial charge >= 0.3 is 12.1 Å². The Bertz CT molecular complexity index is 1070. The number of alkyl halides is 3. The molecule has 1 saturated heterocycles. The second-order valence-electron chi connectivity index (χ2n) is 7.12. The van der Waals surface area contributed by atoms with Crippen LogP contribution in [0.5, 0.6) is 0 Å². The van der Waals surface area contributed by atoms with Crippen LogP contribution in [0.2, 0.25) is 0 Å². The molecule has 1 aromatic heterocycles. The third-order valence-electron chi connectivity index (χ3n) is 4.97. The lowest BCUT2D eigenvalue weighted by molar-refractivity contribution is -0.192. The maximum absolute atomic E-state index is 11.5. The molecule has 4 N–H and O–H groups in total. The first kappa shape index (κ1) is 22.3. The first-order valence-electron chi connectivity index (χ1n) is 9.56. The summed E-state index contributed by atoms with van der Waals surface area (Å²) >= 11 is 0. The van der Waals surface area contributed by atoms with Crippen molar-refractivity contribution < 1.29 is 27.9 Å². The second-order valence-corrected chi connectivity index (χ2v) is 7.12. The highest BCUT2D eigenvalue weighted by Crippen LogP contribution is 2.25. The molecule has 2 aromatic carbocycles. The monoisotopic (exact) mass is 434 g/mol. The number of hydrogen-bond donors (Lipinski definition) is 3. The fourth-order valence-electron chi connectivity index (χ4n) is 3.41. The van der Waals surface area contributed by atoms with Crippen LogP contribution < -0.4 is 11.1 Å². The molecular weight excluding hydrogens is 413 g/mol. The summed E-state index contributed by atoms with van der Waals surface area (Å²) in [6, 6.07) is 14.0. The summed E-state index contributed by atoms with van der Waals surface area (Å²) in [4.78, 5) is 20.4. The van der Waals surface area contributed by atoms with Crippen LogP contribution in [0.4, 0.5) is 13.2 Å². The number of halogens is 3. The minimum atomic E-state index is -5.08. The molecule has 1 amide bonds. The summed E-state index contributed by atoms with van der Waals surface area (Å²) < 4.78 is 33.5. The minimum Gasteiger partial charge on any atom is -0.475 e. The maximum Gasteiger partial charge on any atom is 0.490 e. The molecule has 1 atom stereocenters. The Morgan fingerprint density at radius 1 is 1.16 bits per heavy atom. The van der Waals surface area contributed by atoms with Crippen molar-refractivity contribution in [1.82, 2.24) is 15.1 Å². The molecule has 0 aliphatic carbocycles. The Morgan fingerprint density at radius 3 is 2.39 bits per heavy atom. The average Bonchev–Trinajstić information content (AvgIpc) is 3.18. The van der Waals surface area contributed by atoms with Gasteiger partial charge in [-0.2, -0.15) is 18.3 Å². The van der Waals surface area contributed by atoms with Crippen LogP contribution >= 0.6 is 0 Å². The van der Waals surface area contributed by atoms with Crippen molar-refractivity contribution in [3.8, 4) is 5.69 Å². The molecule has 1 fully saturated rings. The van der Waals surface area contributed by atoms with Crippen molar-refractivity contribution in [2.75, 3.05) is 13.1 Å². The Labute approximate surface area is 175 Å². The predicted molar refractivity (Wildman–Crippen MR) is 108 cm³/mol. The first-order chi connectivity index (χ1) is 14.7. The van der Waals surface area contributed by atoms with Crippen molar-refractivity contribution in [1.29, 1.82) is 0 Å². The maximum atomic E-state index is 11.5. The standard InChI is InChI=1S/C19H20N4O.C2HF3O2/c20-19(24)17-5-1-3-15-12-23(22-18(15)17)16-8-6-13(7-9-16)14-4-2-10-21-11-14;3-2(4,5)1(6)7/h1,3,5-9,12,14,21H,2,4,10-11H2,(H2,20,24);(H,6,7). The summed E-state index contributed by atoms with van der Waals surface area (Å²) in [7, 11) is 0. The van der Waals surface area contributed by atoms with Gasteiger partial charge in [0.25, 0.3) is 5.91 Å². The van der Waals surface area contributed by atoms with Gasteiger partial charge in [0.15, 0.2) is 0 Å². The van der Waals surface area contributed by atoms with E-state index < -0.39 is 18.1 Å². The van der Waals surface area contributed by atoms with Crippen LogP contribution in [-0.4, -0.2) is 46.0 Å². The molecule has 1 aliphatic heterocycles. The number of carbonyl (C=O) groups excluding carboxylic acids is 1. The molecule has 1 aliphatic rings. The summed E-state index contributed by atoms with van der Waals surface area (Å²) in [6.07, 6.45) is -0.689. The Morgan fingerprint density at radius 2 is 1.84 bits per heavy atom. The molecule has 10 heteroatoms. The molecule has 4 rings (SSSR count). The van der Waals surface area contributed by atoms with Gasteiger partial charge in [0, 0.05) is 18.1 Å². The van der Waals surface area contributed by atoms with Gasteiger partial charge in [0.2, 0.25) is 0 Å². The summed E-state index contributed by atoms with van der Waals surface area (Å²) in [5.41, 5.74) is 8.88. The Balaban J connectivity index is 0.000000339. The highest BCUT2D eigenvalue weighted by Gasteiger charge is 2.38. The fraction of sp³-hybridized carbons (Fsp3) is 0.286. The zero-order valence-electron chi connectivity index (χ0n) is 16.4. The third kappa shape index (κ3) is 5.40. The van der Waals surface area contributed by atoms with Gasteiger partial charge in [-0.25, -0.2) is 9.48 Å². The molecule has 0 bridgehead atoms. The normalized spacial score (nSPS) is 16.4. The molecule has 0 spiro atoms. The van der Waals surface area contributed by atoms with E-state index in [4.69, 9.17) is 15.6 Å². The SMILES string of the molecule is NC(=O)c1cccc2cn(-c3ccc(C4CCCNC4)cc3)nc12.O=C(O)C(F)(F)F. The lowest BCUT2D eigenvalue weighted by atomic mass is 9.92.